The molecule has 1 aromatic carbocycles. The second kappa shape index (κ2) is 8.00. The van der Waals surface area contributed by atoms with Crippen LogP contribution in [0.5, 0.6) is 5.75 Å². The summed E-state index contributed by atoms with van der Waals surface area (Å²) in [6.07, 6.45) is 2.18. The third-order valence-electron chi connectivity index (χ3n) is 2.87. The molecule has 0 aliphatic rings. The summed E-state index contributed by atoms with van der Waals surface area (Å²) in [5.41, 5.74) is 2.12. The highest BCUT2D eigenvalue weighted by Crippen LogP contribution is 2.25. The summed E-state index contributed by atoms with van der Waals surface area (Å²) in [5, 5.41) is 4.08. The molecule has 1 N–H and O–H groups in total. The molecule has 0 unspecified atom stereocenters. The zero-order chi connectivity index (χ0) is 14.3. The lowest BCUT2D eigenvalue weighted by Crippen LogP contribution is -2.36. The summed E-state index contributed by atoms with van der Waals surface area (Å²) in [4.78, 5) is 2.21. The predicted molar refractivity (Wildman–Crippen MR) is 86.1 cm³/mol. The highest BCUT2D eigenvalue weighted by molar-refractivity contribution is 7.80. The van der Waals surface area contributed by atoms with Gasteiger partial charge in [-0.15, -0.1) is 0 Å². The van der Waals surface area contributed by atoms with Gasteiger partial charge in [0, 0.05) is 13.1 Å². The summed E-state index contributed by atoms with van der Waals surface area (Å²) in [7, 11) is 1.68. The Hall–Kier alpha value is -1.29. The van der Waals surface area contributed by atoms with E-state index in [-0.39, 0.29) is 0 Å². The van der Waals surface area contributed by atoms with Gasteiger partial charge in [0.2, 0.25) is 0 Å². The standard InChI is InChI=1S/C15H24N2OS/c1-5-9-17(10-6-2)15(19)16-13-11-12(3)7-8-14(13)18-4/h7-8,11H,5-6,9-10H2,1-4H3,(H,16,19). The first-order valence-electron chi connectivity index (χ1n) is 6.82. The van der Waals surface area contributed by atoms with Gasteiger partial charge in [0.15, 0.2) is 5.11 Å². The molecule has 0 bridgehead atoms. The fraction of sp³-hybridized carbons (Fsp3) is 0.533. The lowest BCUT2D eigenvalue weighted by atomic mass is 10.2. The summed E-state index contributed by atoms with van der Waals surface area (Å²) in [5.74, 6) is 0.820. The predicted octanol–water partition coefficient (Wildman–Crippen LogP) is 3.82. The van der Waals surface area contributed by atoms with Gasteiger partial charge < -0.3 is 15.0 Å². The van der Waals surface area contributed by atoms with Crippen molar-refractivity contribution in [3.05, 3.63) is 23.8 Å². The van der Waals surface area contributed by atoms with Gasteiger partial charge in [-0.3, -0.25) is 0 Å². The number of anilines is 1. The SMILES string of the molecule is CCCN(CCC)C(=S)Nc1cc(C)ccc1OC. The summed E-state index contributed by atoms with van der Waals surface area (Å²) >= 11 is 5.50. The first-order chi connectivity index (χ1) is 9.12. The molecule has 4 heteroatoms. The topological polar surface area (TPSA) is 24.5 Å². The minimum Gasteiger partial charge on any atom is -0.495 e. The van der Waals surface area contributed by atoms with Gasteiger partial charge in [-0.2, -0.15) is 0 Å². The number of aryl methyl sites for hydroxylation is 1. The van der Waals surface area contributed by atoms with Crippen LogP contribution in [0, 0.1) is 6.92 Å². The van der Waals surface area contributed by atoms with Crippen molar-refractivity contribution < 1.29 is 4.74 Å². The summed E-state index contributed by atoms with van der Waals surface area (Å²) in [6.45, 7) is 8.35. The van der Waals surface area contributed by atoms with E-state index in [0.29, 0.717) is 0 Å². The zero-order valence-corrected chi connectivity index (χ0v) is 13.1. The lowest BCUT2D eigenvalue weighted by molar-refractivity contribution is 0.414. The van der Waals surface area contributed by atoms with Crippen molar-refractivity contribution >= 4 is 23.0 Å². The Kier molecular flexibility index (Phi) is 6.64. The van der Waals surface area contributed by atoms with Gasteiger partial charge in [0.05, 0.1) is 12.8 Å². The van der Waals surface area contributed by atoms with Gasteiger partial charge in [-0.05, 0) is 49.7 Å². The van der Waals surface area contributed by atoms with Crippen LogP contribution < -0.4 is 10.1 Å². The second-order valence-corrected chi connectivity index (χ2v) is 5.01. The van der Waals surface area contributed by atoms with Gasteiger partial charge in [0.25, 0.3) is 0 Å². The van der Waals surface area contributed by atoms with E-state index in [1.54, 1.807) is 7.11 Å². The average molecular weight is 280 g/mol. The molecule has 0 amide bonds. The molecule has 0 spiro atoms. The molecule has 1 rings (SSSR count). The number of rotatable bonds is 6. The van der Waals surface area contributed by atoms with Crippen molar-refractivity contribution in [3.8, 4) is 5.75 Å². The van der Waals surface area contributed by atoms with Crippen LogP contribution in [0.3, 0.4) is 0 Å². The van der Waals surface area contributed by atoms with Gasteiger partial charge in [-0.25, -0.2) is 0 Å². The van der Waals surface area contributed by atoms with E-state index >= 15 is 0 Å². The van der Waals surface area contributed by atoms with E-state index in [9.17, 15) is 0 Å². The van der Waals surface area contributed by atoms with Crippen LogP contribution in [-0.2, 0) is 0 Å². The van der Waals surface area contributed by atoms with Crippen molar-refractivity contribution in [2.75, 3.05) is 25.5 Å². The van der Waals surface area contributed by atoms with Crippen molar-refractivity contribution in [2.24, 2.45) is 0 Å². The van der Waals surface area contributed by atoms with Crippen LogP contribution in [0.15, 0.2) is 18.2 Å². The fourth-order valence-corrected chi connectivity index (χ4v) is 2.26. The maximum absolute atomic E-state index is 5.50. The van der Waals surface area contributed by atoms with Crippen LogP contribution in [0.25, 0.3) is 0 Å². The normalized spacial score (nSPS) is 10.1. The maximum atomic E-state index is 5.50. The number of hydrogen-bond acceptors (Lipinski definition) is 2. The van der Waals surface area contributed by atoms with E-state index in [0.717, 1.165) is 42.5 Å². The van der Waals surface area contributed by atoms with Gasteiger partial charge in [-0.1, -0.05) is 19.9 Å². The average Bonchev–Trinajstić information content (AvgIpc) is 2.38. The Balaban J connectivity index is 2.82. The van der Waals surface area contributed by atoms with Crippen LogP contribution in [-0.4, -0.2) is 30.2 Å². The largest absolute Gasteiger partial charge is 0.495 e. The smallest absolute Gasteiger partial charge is 0.173 e. The number of ether oxygens (including phenoxy) is 1. The first-order valence-corrected chi connectivity index (χ1v) is 7.23. The quantitative estimate of drug-likeness (QED) is 0.801. The molecule has 106 valence electrons. The molecule has 0 aliphatic heterocycles. The monoisotopic (exact) mass is 280 g/mol. The molecule has 0 aromatic heterocycles. The summed E-state index contributed by atoms with van der Waals surface area (Å²) < 4.78 is 5.36. The molecule has 0 aliphatic carbocycles. The third kappa shape index (κ3) is 4.71. The maximum Gasteiger partial charge on any atom is 0.173 e. The lowest BCUT2D eigenvalue weighted by Gasteiger charge is -2.25. The Morgan fingerprint density at radius 1 is 1.26 bits per heavy atom. The zero-order valence-electron chi connectivity index (χ0n) is 12.3. The molecule has 0 radical (unpaired) electrons. The first kappa shape index (κ1) is 15.8. The molecule has 1 aromatic rings. The molecule has 0 saturated heterocycles. The Bertz CT molecular complexity index is 415. The fourth-order valence-electron chi connectivity index (χ4n) is 1.97. The van der Waals surface area contributed by atoms with Crippen LogP contribution in [0.1, 0.15) is 32.3 Å². The van der Waals surface area contributed by atoms with Crippen molar-refractivity contribution in [2.45, 2.75) is 33.6 Å². The minimum absolute atomic E-state index is 0.771. The number of nitrogens with zero attached hydrogens (tertiary/aromatic N) is 1. The molecule has 19 heavy (non-hydrogen) atoms. The number of benzene rings is 1. The molecule has 0 saturated carbocycles. The van der Waals surface area contributed by atoms with Crippen LogP contribution in [0.4, 0.5) is 5.69 Å². The number of nitrogens with one attached hydrogen (secondary N) is 1. The molecule has 3 nitrogen and oxygen atoms in total. The Morgan fingerprint density at radius 2 is 1.89 bits per heavy atom. The number of hydrogen-bond donors (Lipinski definition) is 1. The van der Waals surface area contributed by atoms with E-state index in [2.05, 4.69) is 37.1 Å². The van der Waals surface area contributed by atoms with E-state index < -0.39 is 0 Å². The molecular weight excluding hydrogens is 256 g/mol. The van der Waals surface area contributed by atoms with E-state index in [1.807, 2.05) is 12.1 Å². The number of methoxy groups -OCH3 is 1. The molecule has 0 fully saturated rings. The number of thiocarbonyl (C=S) groups is 1. The highest BCUT2D eigenvalue weighted by Gasteiger charge is 2.10. The van der Waals surface area contributed by atoms with Gasteiger partial charge in [0.1, 0.15) is 5.75 Å². The summed E-state index contributed by atoms with van der Waals surface area (Å²) in [6, 6.07) is 6.05. The van der Waals surface area contributed by atoms with Crippen LogP contribution in [0.2, 0.25) is 0 Å². The van der Waals surface area contributed by atoms with E-state index in [1.165, 1.54) is 5.56 Å². The highest BCUT2D eigenvalue weighted by atomic mass is 32.1. The molecular formula is C15H24N2OS. The van der Waals surface area contributed by atoms with E-state index in [4.69, 9.17) is 17.0 Å². The van der Waals surface area contributed by atoms with Crippen LogP contribution >= 0.6 is 12.2 Å². The Morgan fingerprint density at radius 3 is 2.42 bits per heavy atom. The van der Waals surface area contributed by atoms with Gasteiger partial charge >= 0.3 is 0 Å². The minimum atomic E-state index is 0.771. The van der Waals surface area contributed by atoms with Crippen molar-refractivity contribution in [1.82, 2.24) is 4.90 Å². The van der Waals surface area contributed by atoms with Crippen molar-refractivity contribution in [1.29, 1.82) is 0 Å². The van der Waals surface area contributed by atoms with Crippen molar-refractivity contribution in [3.63, 3.8) is 0 Å². The second-order valence-electron chi connectivity index (χ2n) is 4.62. The molecule has 0 heterocycles. The Labute approximate surface area is 121 Å². The molecule has 0 atom stereocenters. The third-order valence-corrected chi connectivity index (χ3v) is 3.23.